The fraction of sp³-hybridized carbons (Fsp3) is 0.647. The van der Waals surface area contributed by atoms with Gasteiger partial charge in [0.15, 0.2) is 0 Å². The van der Waals surface area contributed by atoms with Gasteiger partial charge in [-0.3, -0.25) is 0 Å². The summed E-state index contributed by atoms with van der Waals surface area (Å²) in [6, 6.07) is 3.70. The van der Waals surface area contributed by atoms with Gasteiger partial charge < -0.3 is 34.5 Å². The summed E-state index contributed by atoms with van der Waals surface area (Å²) in [4.78, 5) is 53.8. The first-order valence-corrected chi connectivity index (χ1v) is 18.0. The van der Waals surface area contributed by atoms with Gasteiger partial charge in [-0.05, 0) is 93.2 Å². The summed E-state index contributed by atoms with van der Waals surface area (Å²) in [5.41, 5.74) is 6.00. The number of rotatable bonds is 6. The molecule has 2 atom stereocenters. The Morgan fingerprint density at radius 2 is 1.28 bits per heavy atom. The minimum atomic E-state index is -0.505. The lowest BCUT2D eigenvalue weighted by atomic mass is 9.96. The number of ether oxygens (including phenoxy) is 4. The van der Waals surface area contributed by atoms with E-state index in [0.29, 0.717) is 49.0 Å². The zero-order chi connectivity index (χ0) is 34.9. The van der Waals surface area contributed by atoms with Crippen LogP contribution in [0.25, 0.3) is 0 Å². The van der Waals surface area contributed by atoms with Gasteiger partial charge in [0.25, 0.3) is 0 Å². The van der Waals surface area contributed by atoms with E-state index in [2.05, 4.69) is 0 Å². The molecule has 0 aromatic carbocycles. The number of piperidine rings is 2. The molecule has 0 bridgehead atoms. The molecule has 2 aliphatic rings. The fourth-order valence-electron chi connectivity index (χ4n) is 5.29. The summed E-state index contributed by atoms with van der Waals surface area (Å²) < 4.78 is 21.0. The quantitative estimate of drug-likeness (QED) is 0.239. The van der Waals surface area contributed by atoms with E-state index in [-0.39, 0.29) is 30.0 Å². The standard InChI is InChI=1S/C17H26N2O4S.C17H25NO4S/c1-5-22-15(20)12-9-13(24-14(12)18)11-7-6-8-19(10-11)16(21)23-17(2,3)4;1-5-21-15(19)13-9-14(23-11-13)12-7-6-8-18(10-12)16(20)22-17(2,3)4/h9,11H,5-8,10,18H2,1-4H3;9,11-12H,5-8,10H2,1-4H3. The van der Waals surface area contributed by atoms with Gasteiger partial charge in [0.1, 0.15) is 16.2 Å². The molecule has 0 aliphatic carbocycles. The summed E-state index contributed by atoms with van der Waals surface area (Å²) in [6.45, 7) is 18.1. The van der Waals surface area contributed by atoms with Crippen molar-refractivity contribution in [1.82, 2.24) is 9.80 Å². The molecule has 13 heteroatoms. The molecule has 2 aromatic heterocycles. The van der Waals surface area contributed by atoms with Gasteiger partial charge in [0.2, 0.25) is 0 Å². The van der Waals surface area contributed by atoms with Crippen molar-refractivity contribution >= 4 is 51.8 Å². The van der Waals surface area contributed by atoms with Crippen LogP contribution in [0.4, 0.5) is 14.6 Å². The van der Waals surface area contributed by atoms with Gasteiger partial charge in [0, 0.05) is 53.1 Å². The van der Waals surface area contributed by atoms with Crippen LogP contribution in [0.2, 0.25) is 0 Å². The van der Waals surface area contributed by atoms with Gasteiger partial charge in [-0.25, -0.2) is 19.2 Å². The smallest absolute Gasteiger partial charge is 0.410 e. The molecule has 2 aromatic rings. The number of likely N-dealkylation sites (tertiary alicyclic amines) is 2. The molecule has 262 valence electrons. The number of hydrogen-bond donors (Lipinski definition) is 1. The molecule has 2 unspecified atom stereocenters. The molecule has 11 nitrogen and oxygen atoms in total. The van der Waals surface area contributed by atoms with Gasteiger partial charge in [-0.1, -0.05) is 0 Å². The van der Waals surface area contributed by atoms with Crippen LogP contribution in [0, 0.1) is 0 Å². The maximum atomic E-state index is 12.3. The van der Waals surface area contributed by atoms with E-state index in [9.17, 15) is 19.2 Å². The van der Waals surface area contributed by atoms with Crippen molar-refractivity contribution in [1.29, 1.82) is 0 Å². The van der Waals surface area contributed by atoms with Gasteiger partial charge in [-0.2, -0.15) is 0 Å². The van der Waals surface area contributed by atoms with Crippen molar-refractivity contribution in [3.8, 4) is 0 Å². The lowest BCUT2D eigenvalue weighted by molar-refractivity contribution is 0.0189. The average molecular weight is 694 g/mol. The molecule has 2 fully saturated rings. The van der Waals surface area contributed by atoms with Crippen molar-refractivity contribution in [2.75, 3.05) is 45.1 Å². The van der Waals surface area contributed by atoms with E-state index in [0.717, 1.165) is 42.0 Å². The fourth-order valence-corrected chi connectivity index (χ4v) is 7.34. The monoisotopic (exact) mass is 693 g/mol. The topological polar surface area (TPSA) is 138 Å². The molecule has 2 saturated heterocycles. The van der Waals surface area contributed by atoms with Crippen molar-refractivity contribution in [3.05, 3.63) is 38.4 Å². The maximum absolute atomic E-state index is 12.3. The average Bonchev–Trinajstić information content (AvgIpc) is 3.64. The Balaban J connectivity index is 0.000000256. The summed E-state index contributed by atoms with van der Waals surface area (Å²) in [5, 5.41) is 2.30. The first kappa shape index (κ1) is 38.1. The zero-order valence-electron chi connectivity index (χ0n) is 29.0. The highest BCUT2D eigenvalue weighted by Gasteiger charge is 2.31. The third-order valence-corrected chi connectivity index (χ3v) is 9.58. The molecule has 0 spiro atoms. The minimum Gasteiger partial charge on any atom is -0.462 e. The van der Waals surface area contributed by atoms with Crippen LogP contribution >= 0.6 is 22.7 Å². The largest absolute Gasteiger partial charge is 0.462 e. The summed E-state index contributed by atoms with van der Waals surface area (Å²) in [7, 11) is 0. The van der Waals surface area contributed by atoms with E-state index < -0.39 is 17.2 Å². The van der Waals surface area contributed by atoms with Gasteiger partial charge in [-0.15, -0.1) is 22.7 Å². The zero-order valence-corrected chi connectivity index (χ0v) is 30.6. The third-order valence-electron chi connectivity index (χ3n) is 7.36. The highest BCUT2D eigenvalue weighted by molar-refractivity contribution is 7.16. The predicted octanol–water partition coefficient (Wildman–Crippen LogP) is 7.66. The highest BCUT2D eigenvalue weighted by Crippen LogP contribution is 2.36. The van der Waals surface area contributed by atoms with E-state index in [1.807, 2.05) is 53.0 Å². The molecule has 47 heavy (non-hydrogen) atoms. The van der Waals surface area contributed by atoms with Crippen LogP contribution in [0.3, 0.4) is 0 Å². The Labute approximate surface area is 286 Å². The highest BCUT2D eigenvalue weighted by atomic mass is 32.1. The first-order chi connectivity index (χ1) is 22.0. The Morgan fingerprint density at radius 3 is 1.77 bits per heavy atom. The van der Waals surface area contributed by atoms with Crippen LogP contribution in [0.15, 0.2) is 17.5 Å². The molecule has 2 N–H and O–H groups in total. The van der Waals surface area contributed by atoms with Crippen LogP contribution < -0.4 is 5.73 Å². The van der Waals surface area contributed by atoms with Crippen molar-refractivity contribution < 1.29 is 38.1 Å². The lowest BCUT2D eigenvalue weighted by Crippen LogP contribution is -2.42. The molecular weight excluding hydrogens is 643 g/mol. The molecule has 4 rings (SSSR count). The molecule has 0 saturated carbocycles. The molecular formula is C34H51N3O8S2. The molecule has 0 radical (unpaired) electrons. The Morgan fingerprint density at radius 1 is 0.787 bits per heavy atom. The van der Waals surface area contributed by atoms with Gasteiger partial charge >= 0.3 is 24.1 Å². The normalized spacial score (nSPS) is 18.5. The summed E-state index contributed by atoms with van der Waals surface area (Å²) in [6.07, 6.45) is 3.27. The van der Waals surface area contributed by atoms with E-state index in [4.69, 9.17) is 24.7 Å². The van der Waals surface area contributed by atoms with Crippen molar-refractivity contribution in [2.45, 2.75) is 104 Å². The Kier molecular flexibility index (Phi) is 13.5. The second kappa shape index (κ2) is 16.7. The number of thiophene rings is 2. The Hall–Kier alpha value is -3.32. The van der Waals surface area contributed by atoms with Crippen LogP contribution in [0.5, 0.6) is 0 Å². The minimum absolute atomic E-state index is 0.168. The number of nitrogens with two attached hydrogens (primary N) is 1. The first-order valence-electron chi connectivity index (χ1n) is 16.3. The molecule has 2 aliphatic heterocycles. The number of carbonyl (C=O) groups excluding carboxylic acids is 4. The summed E-state index contributed by atoms with van der Waals surface area (Å²) >= 11 is 2.96. The molecule has 4 heterocycles. The number of nitrogens with zero attached hydrogens (tertiary/aromatic N) is 2. The van der Waals surface area contributed by atoms with Crippen LogP contribution in [-0.4, -0.2) is 84.5 Å². The summed E-state index contributed by atoms with van der Waals surface area (Å²) in [5.74, 6) is -0.252. The van der Waals surface area contributed by atoms with Crippen LogP contribution in [0.1, 0.15) is 123 Å². The number of amides is 2. The maximum Gasteiger partial charge on any atom is 0.410 e. The second-order valence-corrected chi connectivity index (χ2v) is 15.7. The van der Waals surface area contributed by atoms with E-state index in [1.54, 1.807) is 41.1 Å². The SMILES string of the molecule is CCOC(=O)c1cc(C2CCCN(C(=O)OC(C)(C)C)C2)sc1N.CCOC(=O)c1csc(C2CCCN(C(=O)OC(C)(C)C)C2)c1. The van der Waals surface area contributed by atoms with E-state index in [1.165, 1.54) is 11.3 Å². The van der Waals surface area contributed by atoms with Gasteiger partial charge in [0.05, 0.1) is 24.3 Å². The lowest BCUT2D eigenvalue weighted by Gasteiger charge is -2.33. The second-order valence-electron chi connectivity index (χ2n) is 13.6. The van der Waals surface area contributed by atoms with Crippen molar-refractivity contribution in [3.63, 3.8) is 0 Å². The predicted molar refractivity (Wildman–Crippen MR) is 185 cm³/mol. The number of nitrogen functional groups attached to an aromatic ring is 1. The number of hydrogen-bond acceptors (Lipinski definition) is 11. The van der Waals surface area contributed by atoms with Crippen LogP contribution in [-0.2, 0) is 18.9 Å². The van der Waals surface area contributed by atoms with Crippen molar-refractivity contribution in [2.24, 2.45) is 0 Å². The number of esters is 2. The van der Waals surface area contributed by atoms with E-state index >= 15 is 0 Å². The Bertz CT molecular complexity index is 1370. The molecule has 2 amide bonds. The third kappa shape index (κ3) is 11.7. The number of anilines is 1. The number of carbonyl (C=O) groups is 4.